The zero-order valence-electron chi connectivity index (χ0n) is 16.0. The molecule has 1 amide bonds. The van der Waals surface area contributed by atoms with Crippen molar-refractivity contribution >= 4 is 5.91 Å². The number of amides is 1. The molecule has 1 aromatic rings. The normalized spacial score (nSPS) is 22.2. The van der Waals surface area contributed by atoms with Gasteiger partial charge in [0, 0.05) is 18.9 Å². The van der Waals surface area contributed by atoms with Crippen LogP contribution in [0.5, 0.6) is 11.5 Å². The molecule has 3 aliphatic rings. The molecule has 144 valence electrons. The molecular formula is C22H27NO4. The summed E-state index contributed by atoms with van der Waals surface area (Å²) in [7, 11) is 3.27. The second-order valence-electron chi connectivity index (χ2n) is 7.67. The van der Waals surface area contributed by atoms with Crippen LogP contribution in [0.2, 0.25) is 0 Å². The average Bonchev–Trinajstić information content (AvgIpc) is 3.52. The Morgan fingerprint density at radius 1 is 1.26 bits per heavy atom. The number of phenols is 1. The number of carbonyl (C=O) groups excluding carboxylic acids is 1. The van der Waals surface area contributed by atoms with Crippen molar-refractivity contribution in [3.63, 3.8) is 0 Å². The molecule has 0 aromatic heterocycles. The number of phenolic OH excluding ortho intramolecular Hbond substituents is 1. The lowest BCUT2D eigenvalue weighted by Gasteiger charge is -2.41. The van der Waals surface area contributed by atoms with E-state index in [1.807, 2.05) is 6.07 Å². The van der Waals surface area contributed by atoms with E-state index in [4.69, 9.17) is 9.47 Å². The zero-order chi connectivity index (χ0) is 19.0. The molecule has 1 aliphatic heterocycles. The molecule has 1 N–H and O–H groups in total. The number of ether oxygens (including phenoxy) is 2. The Kier molecular flexibility index (Phi) is 4.85. The first kappa shape index (κ1) is 18.0. The number of nitrogens with zero attached hydrogens (tertiary/aromatic N) is 1. The summed E-state index contributed by atoms with van der Waals surface area (Å²) in [5, 5.41) is 10.1. The fourth-order valence-electron chi connectivity index (χ4n) is 4.29. The summed E-state index contributed by atoms with van der Waals surface area (Å²) in [6.45, 7) is 0.776. The Morgan fingerprint density at radius 2 is 2.07 bits per heavy atom. The zero-order valence-corrected chi connectivity index (χ0v) is 16.0. The van der Waals surface area contributed by atoms with Gasteiger partial charge in [-0.3, -0.25) is 4.79 Å². The summed E-state index contributed by atoms with van der Waals surface area (Å²) in [4.78, 5) is 15.0. The van der Waals surface area contributed by atoms with Crippen LogP contribution in [0.25, 0.3) is 0 Å². The summed E-state index contributed by atoms with van der Waals surface area (Å²) >= 11 is 0. The third kappa shape index (κ3) is 3.55. The summed E-state index contributed by atoms with van der Waals surface area (Å²) in [5.41, 5.74) is 3.78. The number of methoxy groups -OCH3 is 2. The van der Waals surface area contributed by atoms with Gasteiger partial charge in [0.15, 0.2) is 11.5 Å². The minimum atomic E-state index is 0.0595. The molecule has 2 aliphatic carbocycles. The van der Waals surface area contributed by atoms with Crippen molar-refractivity contribution < 1.29 is 19.4 Å². The SMILES string of the molecule is COC1=CCC2=C(CCN(C(=O)C3CC3)[C@H]2Cc2ccc(OC)c(O)c2)C1. The number of carbonyl (C=O) groups is 1. The van der Waals surface area contributed by atoms with Crippen LogP contribution in [0, 0.1) is 5.92 Å². The van der Waals surface area contributed by atoms with Gasteiger partial charge in [-0.2, -0.15) is 0 Å². The second kappa shape index (κ2) is 7.29. The van der Waals surface area contributed by atoms with Gasteiger partial charge in [0.05, 0.1) is 26.0 Å². The van der Waals surface area contributed by atoms with Crippen molar-refractivity contribution in [2.75, 3.05) is 20.8 Å². The van der Waals surface area contributed by atoms with Gasteiger partial charge in [-0.15, -0.1) is 0 Å². The van der Waals surface area contributed by atoms with Gasteiger partial charge >= 0.3 is 0 Å². The molecule has 0 bridgehead atoms. The van der Waals surface area contributed by atoms with E-state index in [0.717, 1.165) is 50.0 Å². The van der Waals surface area contributed by atoms with E-state index in [1.54, 1.807) is 26.4 Å². The van der Waals surface area contributed by atoms with Crippen molar-refractivity contribution in [1.82, 2.24) is 4.90 Å². The molecule has 1 aromatic carbocycles. The molecule has 0 spiro atoms. The van der Waals surface area contributed by atoms with Gasteiger partial charge in [-0.1, -0.05) is 11.6 Å². The summed E-state index contributed by atoms with van der Waals surface area (Å²) < 4.78 is 10.6. The molecule has 0 radical (unpaired) electrons. The fourth-order valence-corrected chi connectivity index (χ4v) is 4.29. The van der Waals surface area contributed by atoms with Gasteiger partial charge in [-0.05, 0) is 61.4 Å². The average molecular weight is 369 g/mol. The van der Waals surface area contributed by atoms with E-state index >= 15 is 0 Å². The largest absolute Gasteiger partial charge is 0.504 e. The minimum absolute atomic E-state index is 0.0595. The summed E-state index contributed by atoms with van der Waals surface area (Å²) in [6.07, 6.45) is 7.50. The van der Waals surface area contributed by atoms with E-state index in [9.17, 15) is 9.90 Å². The summed E-state index contributed by atoms with van der Waals surface area (Å²) in [6, 6.07) is 5.59. The molecule has 0 unspecified atom stereocenters. The molecule has 27 heavy (non-hydrogen) atoms. The van der Waals surface area contributed by atoms with Crippen LogP contribution in [0.15, 0.2) is 41.2 Å². The van der Waals surface area contributed by atoms with Crippen LogP contribution in [-0.2, 0) is 16.0 Å². The molecular weight excluding hydrogens is 342 g/mol. The highest BCUT2D eigenvalue weighted by atomic mass is 16.5. The molecule has 5 nitrogen and oxygen atoms in total. The van der Waals surface area contributed by atoms with Crippen LogP contribution in [0.3, 0.4) is 0 Å². The molecule has 1 heterocycles. The Morgan fingerprint density at radius 3 is 2.74 bits per heavy atom. The monoisotopic (exact) mass is 369 g/mol. The van der Waals surface area contributed by atoms with E-state index in [1.165, 1.54) is 11.1 Å². The van der Waals surface area contributed by atoms with Gasteiger partial charge < -0.3 is 19.5 Å². The smallest absolute Gasteiger partial charge is 0.226 e. The first-order valence-corrected chi connectivity index (χ1v) is 9.71. The lowest BCUT2D eigenvalue weighted by atomic mass is 9.82. The highest BCUT2D eigenvalue weighted by Gasteiger charge is 2.40. The van der Waals surface area contributed by atoms with Gasteiger partial charge in [0.2, 0.25) is 5.91 Å². The van der Waals surface area contributed by atoms with E-state index in [2.05, 4.69) is 11.0 Å². The third-order valence-electron chi connectivity index (χ3n) is 5.97. The number of allylic oxidation sites excluding steroid dienone is 2. The van der Waals surface area contributed by atoms with Gasteiger partial charge in [-0.25, -0.2) is 0 Å². The van der Waals surface area contributed by atoms with Crippen molar-refractivity contribution in [3.8, 4) is 11.5 Å². The van der Waals surface area contributed by atoms with Crippen LogP contribution in [0.4, 0.5) is 0 Å². The Balaban J connectivity index is 1.63. The van der Waals surface area contributed by atoms with Crippen LogP contribution in [0.1, 0.15) is 37.7 Å². The minimum Gasteiger partial charge on any atom is -0.504 e. The lowest BCUT2D eigenvalue weighted by molar-refractivity contribution is -0.134. The van der Waals surface area contributed by atoms with Crippen molar-refractivity contribution in [1.29, 1.82) is 0 Å². The molecule has 1 saturated carbocycles. The van der Waals surface area contributed by atoms with Crippen molar-refractivity contribution in [3.05, 3.63) is 46.7 Å². The molecule has 1 atom stereocenters. The van der Waals surface area contributed by atoms with Gasteiger partial charge in [0.1, 0.15) is 0 Å². The van der Waals surface area contributed by atoms with E-state index < -0.39 is 0 Å². The lowest BCUT2D eigenvalue weighted by Crippen LogP contribution is -2.47. The number of aromatic hydroxyl groups is 1. The quantitative estimate of drug-likeness (QED) is 0.806. The highest BCUT2D eigenvalue weighted by molar-refractivity contribution is 5.82. The number of benzene rings is 1. The maximum absolute atomic E-state index is 12.9. The molecule has 4 rings (SSSR count). The standard InChI is InChI=1S/C22H27NO4/c1-26-17-6-7-18-16(13-17)9-10-23(22(25)15-4-5-15)19(18)11-14-3-8-21(27-2)20(24)12-14/h3,6,8,12,15,19,24H,4-5,7,9-11,13H2,1-2H3/t19-/m0/s1. The first-order valence-electron chi connectivity index (χ1n) is 9.71. The van der Waals surface area contributed by atoms with E-state index in [-0.39, 0.29) is 17.7 Å². The maximum Gasteiger partial charge on any atom is 0.226 e. The molecule has 0 saturated heterocycles. The van der Waals surface area contributed by atoms with Crippen LogP contribution >= 0.6 is 0 Å². The Bertz CT molecular complexity index is 807. The number of hydrogen-bond acceptors (Lipinski definition) is 4. The van der Waals surface area contributed by atoms with E-state index in [0.29, 0.717) is 18.1 Å². The predicted octanol–water partition coefficient (Wildman–Crippen LogP) is 3.57. The summed E-state index contributed by atoms with van der Waals surface area (Å²) in [5.74, 6) is 2.15. The van der Waals surface area contributed by atoms with Crippen molar-refractivity contribution in [2.45, 2.75) is 44.6 Å². The fraction of sp³-hybridized carbons (Fsp3) is 0.500. The van der Waals surface area contributed by atoms with Gasteiger partial charge in [0.25, 0.3) is 0 Å². The van der Waals surface area contributed by atoms with Crippen LogP contribution in [-0.4, -0.2) is 42.7 Å². The topological polar surface area (TPSA) is 59.0 Å². The Hall–Kier alpha value is -2.43. The predicted molar refractivity (Wildman–Crippen MR) is 103 cm³/mol. The first-order chi connectivity index (χ1) is 13.1. The third-order valence-corrected chi connectivity index (χ3v) is 5.97. The highest BCUT2D eigenvalue weighted by Crippen LogP contribution is 2.40. The molecule has 1 fully saturated rings. The Labute approximate surface area is 160 Å². The molecule has 5 heteroatoms. The number of hydrogen-bond donors (Lipinski definition) is 1. The number of rotatable bonds is 5. The van der Waals surface area contributed by atoms with Crippen molar-refractivity contribution in [2.24, 2.45) is 5.92 Å². The second-order valence-corrected chi connectivity index (χ2v) is 7.67. The maximum atomic E-state index is 12.9. The van der Waals surface area contributed by atoms with Crippen LogP contribution < -0.4 is 4.74 Å².